The van der Waals surface area contributed by atoms with Crippen molar-refractivity contribution in [2.24, 2.45) is 0 Å². The van der Waals surface area contributed by atoms with Gasteiger partial charge in [0.05, 0.1) is 0 Å². The second kappa shape index (κ2) is 6.55. The molecule has 4 nitrogen and oxygen atoms in total. The topological polar surface area (TPSA) is 36.4 Å². The van der Waals surface area contributed by atoms with Crippen LogP contribution < -0.4 is 0 Å². The van der Waals surface area contributed by atoms with Crippen LogP contribution in [0.2, 0.25) is 5.15 Å². The van der Waals surface area contributed by atoms with E-state index in [9.17, 15) is 4.79 Å². The summed E-state index contributed by atoms with van der Waals surface area (Å²) in [5.41, 5.74) is 1.42. The van der Waals surface area contributed by atoms with Crippen molar-refractivity contribution < 1.29 is 4.79 Å². The van der Waals surface area contributed by atoms with Crippen LogP contribution in [0.4, 0.5) is 0 Å². The number of carbonyl (C=O) groups is 1. The lowest BCUT2D eigenvalue weighted by Gasteiger charge is -2.30. The molecule has 1 fully saturated rings. The number of amides is 1. The highest BCUT2D eigenvalue weighted by Gasteiger charge is 2.27. The van der Waals surface area contributed by atoms with E-state index in [0.717, 1.165) is 38.2 Å². The highest BCUT2D eigenvalue weighted by atomic mass is 35.5. The van der Waals surface area contributed by atoms with Gasteiger partial charge >= 0.3 is 0 Å². The molecule has 1 amide bonds. The predicted molar refractivity (Wildman–Crippen MR) is 81.2 cm³/mol. The molecule has 1 aromatic heterocycles. The van der Waals surface area contributed by atoms with Crippen LogP contribution in [-0.4, -0.2) is 53.4 Å². The Labute approximate surface area is 125 Å². The van der Waals surface area contributed by atoms with Crippen molar-refractivity contribution in [3.63, 3.8) is 0 Å². The maximum absolute atomic E-state index is 12.8. The van der Waals surface area contributed by atoms with Gasteiger partial charge < -0.3 is 9.80 Å². The maximum atomic E-state index is 12.8. The molecule has 110 valence electrons. The standard InChI is InChI=1S/C15H22ClN3O/c1-4-13-10-18(3)6-5-7-19(13)15(20)12-8-11(2)17-14(16)9-12/h8-9,13H,4-7,10H2,1-3H3. The van der Waals surface area contributed by atoms with Crippen LogP contribution in [0.15, 0.2) is 12.1 Å². The molecule has 0 bridgehead atoms. The van der Waals surface area contributed by atoms with Gasteiger partial charge in [0.1, 0.15) is 5.15 Å². The molecular formula is C15H22ClN3O. The monoisotopic (exact) mass is 295 g/mol. The largest absolute Gasteiger partial charge is 0.334 e. The number of halogens is 1. The van der Waals surface area contributed by atoms with Gasteiger partial charge in [-0.15, -0.1) is 0 Å². The molecule has 1 aliphatic rings. The second-order valence-electron chi connectivity index (χ2n) is 5.50. The van der Waals surface area contributed by atoms with Crippen LogP contribution in [0.3, 0.4) is 0 Å². The first kappa shape index (κ1) is 15.3. The normalized spacial score (nSPS) is 20.8. The molecular weight excluding hydrogens is 274 g/mol. The second-order valence-corrected chi connectivity index (χ2v) is 5.88. The molecule has 20 heavy (non-hydrogen) atoms. The number of pyridine rings is 1. The van der Waals surface area contributed by atoms with E-state index >= 15 is 0 Å². The number of rotatable bonds is 2. The van der Waals surface area contributed by atoms with Crippen molar-refractivity contribution in [2.45, 2.75) is 32.7 Å². The van der Waals surface area contributed by atoms with E-state index in [1.807, 2.05) is 17.9 Å². The number of hydrogen-bond donors (Lipinski definition) is 0. The summed E-state index contributed by atoms with van der Waals surface area (Å²) in [6, 6.07) is 3.75. The quantitative estimate of drug-likeness (QED) is 0.787. The molecule has 0 radical (unpaired) electrons. The Bertz CT molecular complexity index is 472. The highest BCUT2D eigenvalue weighted by Crippen LogP contribution is 2.18. The Morgan fingerprint density at radius 1 is 1.45 bits per heavy atom. The third kappa shape index (κ3) is 3.49. The molecule has 0 spiro atoms. The van der Waals surface area contributed by atoms with Crippen LogP contribution in [0, 0.1) is 6.92 Å². The summed E-state index contributed by atoms with van der Waals surface area (Å²) < 4.78 is 0. The van der Waals surface area contributed by atoms with Crippen LogP contribution in [0.25, 0.3) is 0 Å². The average molecular weight is 296 g/mol. The predicted octanol–water partition coefficient (Wildman–Crippen LogP) is 2.60. The van der Waals surface area contributed by atoms with E-state index in [1.165, 1.54) is 0 Å². The summed E-state index contributed by atoms with van der Waals surface area (Å²) in [6.07, 6.45) is 1.98. The minimum absolute atomic E-state index is 0.0690. The number of carbonyl (C=O) groups excluding carboxylic acids is 1. The molecule has 0 aliphatic carbocycles. The molecule has 1 aromatic rings. The summed E-state index contributed by atoms with van der Waals surface area (Å²) >= 11 is 5.97. The van der Waals surface area contributed by atoms with E-state index in [1.54, 1.807) is 6.07 Å². The van der Waals surface area contributed by atoms with Gasteiger partial charge in [0, 0.05) is 30.4 Å². The van der Waals surface area contributed by atoms with Crippen molar-refractivity contribution in [3.05, 3.63) is 28.5 Å². The average Bonchev–Trinajstić information content (AvgIpc) is 2.58. The molecule has 1 aliphatic heterocycles. The molecule has 1 unspecified atom stereocenters. The van der Waals surface area contributed by atoms with E-state index < -0.39 is 0 Å². The first-order valence-electron chi connectivity index (χ1n) is 7.15. The molecule has 0 saturated carbocycles. The Kier molecular flexibility index (Phi) is 5.00. The number of hydrogen-bond acceptors (Lipinski definition) is 3. The molecule has 0 N–H and O–H groups in total. The van der Waals surface area contributed by atoms with Gasteiger partial charge in [-0.05, 0) is 45.5 Å². The van der Waals surface area contributed by atoms with Crippen LogP contribution in [0.1, 0.15) is 35.8 Å². The maximum Gasteiger partial charge on any atom is 0.254 e. The summed E-state index contributed by atoms with van der Waals surface area (Å²) in [4.78, 5) is 21.2. The zero-order valence-electron chi connectivity index (χ0n) is 12.4. The summed E-state index contributed by atoms with van der Waals surface area (Å²) in [6.45, 7) is 6.77. The van der Waals surface area contributed by atoms with Gasteiger partial charge in [-0.3, -0.25) is 4.79 Å². The summed E-state index contributed by atoms with van der Waals surface area (Å²) in [7, 11) is 2.12. The SMILES string of the molecule is CCC1CN(C)CCCN1C(=O)c1cc(C)nc(Cl)c1. The number of likely N-dealkylation sites (N-methyl/N-ethyl adjacent to an activating group) is 1. The van der Waals surface area contributed by atoms with Gasteiger partial charge in [-0.25, -0.2) is 4.98 Å². The Morgan fingerprint density at radius 3 is 2.85 bits per heavy atom. The van der Waals surface area contributed by atoms with Crippen molar-refractivity contribution in [2.75, 3.05) is 26.7 Å². The fraction of sp³-hybridized carbons (Fsp3) is 0.600. The van der Waals surface area contributed by atoms with E-state index in [0.29, 0.717) is 10.7 Å². The Hall–Kier alpha value is -1.13. The highest BCUT2D eigenvalue weighted by molar-refractivity contribution is 6.29. The zero-order valence-corrected chi connectivity index (χ0v) is 13.2. The van der Waals surface area contributed by atoms with Crippen LogP contribution >= 0.6 is 11.6 Å². The van der Waals surface area contributed by atoms with Crippen LogP contribution in [0.5, 0.6) is 0 Å². The first-order valence-corrected chi connectivity index (χ1v) is 7.52. The minimum Gasteiger partial charge on any atom is -0.334 e. The molecule has 2 rings (SSSR count). The lowest BCUT2D eigenvalue weighted by Crippen LogP contribution is -2.43. The fourth-order valence-electron chi connectivity index (χ4n) is 2.78. The Morgan fingerprint density at radius 2 is 2.20 bits per heavy atom. The van der Waals surface area contributed by atoms with Gasteiger partial charge in [0.15, 0.2) is 0 Å². The van der Waals surface area contributed by atoms with E-state index in [2.05, 4.69) is 23.9 Å². The number of aryl methyl sites for hydroxylation is 1. The van der Waals surface area contributed by atoms with Crippen molar-refractivity contribution in [1.82, 2.24) is 14.8 Å². The van der Waals surface area contributed by atoms with Gasteiger partial charge in [-0.1, -0.05) is 18.5 Å². The summed E-state index contributed by atoms with van der Waals surface area (Å²) in [5, 5.41) is 0.383. The lowest BCUT2D eigenvalue weighted by atomic mass is 10.1. The smallest absolute Gasteiger partial charge is 0.254 e. The molecule has 1 saturated heterocycles. The minimum atomic E-state index is 0.0690. The van der Waals surface area contributed by atoms with Crippen LogP contribution in [-0.2, 0) is 0 Å². The summed E-state index contributed by atoms with van der Waals surface area (Å²) in [5.74, 6) is 0.0690. The van der Waals surface area contributed by atoms with Gasteiger partial charge in [-0.2, -0.15) is 0 Å². The van der Waals surface area contributed by atoms with Gasteiger partial charge in [0.25, 0.3) is 5.91 Å². The zero-order chi connectivity index (χ0) is 14.7. The van der Waals surface area contributed by atoms with Crippen molar-refractivity contribution in [1.29, 1.82) is 0 Å². The molecule has 2 heterocycles. The molecule has 5 heteroatoms. The first-order chi connectivity index (χ1) is 9.51. The third-order valence-corrected chi connectivity index (χ3v) is 4.00. The lowest BCUT2D eigenvalue weighted by molar-refractivity contribution is 0.0675. The molecule has 0 aromatic carbocycles. The van der Waals surface area contributed by atoms with E-state index in [-0.39, 0.29) is 11.9 Å². The van der Waals surface area contributed by atoms with E-state index in [4.69, 9.17) is 11.6 Å². The van der Waals surface area contributed by atoms with Crippen molar-refractivity contribution in [3.8, 4) is 0 Å². The number of nitrogens with zero attached hydrogens (tertiary/aromatic N) is 3. The third-order valence-electron chi connectivity index (χ3n) is 3.80. The number of aromatic nitrogens is 1. The fourth-order valence-corrected chi connectivity index (χ4v) is 3.03. The van der Waals surface area contributed by atoms with Gasteiger partial charge in [0.2, 0.25) is 0 Å². The van der Waals surface area contributed by atoms with Crippen molar-refractivity contribution >= 4 is 17.5 Å². The molecule has 1 atom stereocenters. The Balaban J connectivity index is 2.25.